The van der Waals surface area contributed by atoms with E-state index >= 15 is 0 Å². The van der Waals surface area contributed by atoms with Crippen LogP contribution in [0.5, 0.6) is 0 Å². The number of nitrogens with zero attached hydrogens (tertiary/aromatic N) is 1. The molecule has 0 fully saturated rings. The highest BCUT2D eigenvalue weighted by Crippen LogP contribution is 2.17. The molecule has 2 atom stereocenters. The molecule has 7 nitrogen and oxygen atoms in total. The standard InChI is InChI=1S/C33H41N3O4S/c1-22(2)41-21-36(20-29(37)34-19-27-17-10-9-12-23(27)3)33(40)31(38)28(18-26-15-7-6-8-16-26)35-32(39)30-24(4)13-11-14-25(30)5/h6-17,22,28,31,38H,18-21H2,1-5H3,(H,34,37)(H,35,39)/t28-,31-/m0/s1. The highest BCUT2D eigenvalue weighted by atomic mass is 32.2. The van der Waals surface area contributed by atoms with Crippen molar-refractivity contribution >= 4 is 29.5 Å². The van der Waals surface area contributed by atoms with Gasteiger partial charge in [-0.2, -0.15) is 0 Å². The van der Waals surface area contributed by atoms with Crippen LogP contribution in [0.1, 0.15) is 52.0 Å². The third-order valence-corrected chi connectivity index (χ3v) is 8.03. The van der Waals surface area contributed by atoms with E-state index in [0.29, 0.717) is 12.1 Å². The van der Waals surface area contributed by atoms with Crippen LogP contribution in [0.25, 0.3) is 0 Å². The van der Waals surface area contributed by atoms with Crippen molar-refractivity contribution in [3.8, 4) is 0 Å². The van der Waals surface area contributed by atoms with E-state index in [2.05, 4.69) is 10.6 Å². The zero-order valence-corrected chi connectivity index (χ0v) is 25.3. The Bertz CT molecular complexity index is 1310. The summed E-state index contributed by atoms with van der Waals surface area (Å²) in [6.07, 6.45) is -1.31. The van der Waals surface area contributed by atoms with Gasteiger partial charge in [-0.25, -0.2) is 0 Å². The molecule has 218 valence electrons. The number of hydrogen-bond donors (Lipinski definition) is 3. The molecule has 0 aliphatic rings. The SMILES string of the molecule is Cc1ccccc1CNC(=O)CN(CSC(C)C)C(=O)[C@@H](O)[C@H](Cc1ccccc1)NC(=O)c1c(C)cccc1C. The van der Waals surface area contributed by atoms with Crippen LogP contribution in [0, 0.1) is 20.8 Å². The monoisotopic (exact) mass is 575 g/mol. The van der Waals surface area contributed by atoms with E-state index in [0.717, 1.165) is 27.8 Å². The van der Waals surface area contributed by atoms with Crippen LogP contribution in [-0.4, -0.2) is 57.5 Å². The highest BCUT2D eigenvalue weighted by Gasteiger charge is 2.33. The van der Waals surface area contributed by atoms with Gasteiger partial charge in [0.1, 0.15) is 6.54 Å². The minimum Gasteiger partial charge on any atom is -0.381 e. The lowest BCUT2D eigenvalue weighted by Crippen LogP contribution is -2.54. The van der Waals surface area contributed by atoms with E-state index in [-0.39, 0.29) is 35.9 Å². The second-order valence-corrected chi connectivity index (χ2v) is 12.1. The summed E-state index contributed by atoms with van der Waals surface area (Å²) in [5.41, 5.74) is 5.06. The molecule has 3 amide bonds. The molecule has 0 bridgehead atoms. The van der Waals surface area contributed by atoms with Gasteiger partial charge in [-0.1, -0.05) is 86.6 Å². The zero-order valence-electron chi connectivity index (χ0n) is 24.5. The fourth-order valence-corrected chi connectivity index (χ4v) is 5.24. The Morgan fingerprint density at radius 2 is 1.46 bits per heavy atom. The third-order valence-electron chi connectivity index (χ3n) is 6.90. The van der Waals surface area contributed by atoms with Gasteiger partial charge in [-0.05, 0) is 55.0 Å². The molecule has 3 aromatic rings. The Labute approximate surface area is 247 Å². The number of aliphatic hydroxyl groups excluding tert-OH is 1. The molecule has 0 aliphatic heterocycles. The number of benzene rings is 3. The first kappa shape index (κ1) is 31.9. The summed E-state index contributed by atoms with van der Waals surface area (Å²) in [5.74, 6) is -1.05. The average molecular weight is 576 g/mol. The van der Waals surface area contributed by atoms with Gasteiger partial charge in [0.25, 0.3) is 11.8 Å². The molecule has 0 saturated heterocycles. The van der Waals surface area contributed by atoms with Gasteiger partial charge in [0.15, 0.2) is 6.10 Å². The van der Waals surface area contributed by atoms with Crippen molar-refractivity contribution < 1.29 is 19.5 Å². The minimum absolute atomic E-state index is 0.204. The first-order valence-electron chi connectivity index (χ1n) is 13.9. The van der Waals surface area contributed by atoms with Gasteiger partial charge in [-0.3, -0.25) is 14.4 Å². The van der Waals surface area contributed by atoms with Crippen LogP contribution in [0.2, 0.25) is 0 Å². The van der Waals surface area contributed by atoms with Crippen LogP contribution < -0.4 is 10.6 Å². The number of amides is 3. The number of rotatable bonds is 13. The van der Waals surface area contributed by atoms with Crippen molar-refractivity contribution in [2.45, 2.75) is 65.0 Å². The maximum Gasteiger partial charge on any atom is 0.254 e. The van der Waals surface area contributed by atoms with Gasteiger partial charge in [-0.15, -0.1) is 11.8 Å². The molecule has 3 rings (SSSR count). The van der Waals surface area contributed by atoms with Crippen molar-refractivity contribution in [3.05, 3.63) is 106 Å². The van der Waals surface area contributed by atoms with Crippen molar-refractivity contribution in [2.24, 2.45) is 0 Å². The van der Waals surface area contributed by atoms with E-state index in [9.17, 15) is 19.5 Å². The maximum absolute atomic E-state index is 13.7. The van der Waals surface area contributed by atoms with Crippen molar-refractivity contribution in [2.75, 3.05) is 12.4 Å². The lowest BCUT2D eigenvalue weighted by molar-refractivity contribution is -0.143. The summed E-state index contributed by atoms with van der Waals surface area (Å²) in [6.45, 7) is 9.84. The lowest BCUT2D eigenvalue weighted by atomic mass is 9.98. The fourth-order valence-electron chi connectivity index (χ4n) is 4.54. The maximum atomic E-state index is 13.7. The predicted molar refractivity (Wildman–Crippen MR) is 166 cm³/mol. The molecule has 41 heavy (non-hydrogen) atoms. The smallest absolute Gasteiger partial charge is 0.254 e. The molecule has 3 aromatic carbocycles. The van der Waals surface area contributed by atoms with Gasteiger partial charge in [0, 0.05) is 17.4 Å². The summed E-state index contributed by atoms with van der Waals surface area (Å²) in [6, 6.07) is 21.9. The zero-order chi connectivity index (χ0) is 29.9. The fraction of sp³-hybridized carbons (Fsp3) is 0.364. The second-order valence-electron chi connectivity index (χ2n) is 10.6. The first-order chi connectivity index (χ1) is 19.6. The molecule has 3 N–H and O–H groups in total. The minimum atomic E-state index is -1.56. The van der Waals surface area contributed by atoms with Crippen LogP contribution >= 0.6 is 11.8 Å². The average Bonchev–Trinajstić information content (AvgIpc) is 2.94. The van der Waals surface area contributed by atoms with E-state index < -0.39 is 18.1 Å². The molecule has 0 saturated carbocycles. The molecule has 0 heterocycles. The normalized spacial score (nSPS) is 12.5. The number of carbonyl (C=O) groups excluding carboxylic acids is 3. The Kier molecular flexibility index (Phi) is 12.0. The first-order valence-corrected chi connectivity index (χ1v) is 14.9. The molecule has 0 aromatic heterocycles. The van der Waals surface area contributed by atoms with E-state index in [1.54, 1.807) is 0 Å². The van der Waals surface area contributed by atoms with Gasteiger partial charge in [0.2, 0.25) is 5.91 Å². The topological polar surface area (TPSA) is 98.7 Å². The quantitative estimate of drug-likeness (QED) is 0.260. The molecule has 0 aliphatic carbocycles. The summed E-state index contributed by atoms with van der Waals surface area (Å²) in [7, 11) is 0. The van der Waals surface area contributed by atoms with E-state index in [1.807, 2.05) is 107 Å². The lowest BCUT2D eigenvalue weighted by Gasteiger charge is -2.30. The Balaban J connectivity index is 1.81. The Morgan fingerprint density at radius 1 is 0.854 bits per heavy atom. The Morgan fingerprint density at radius 3 is 2.10 bits per heavy atom. The van der Waals surface area contributed by atoms with Gasteiger partial charge >= 0.3 is 0 Å². The number of thioether (sulfide) groups is 1. The summed E-state index contributed by atoms with van der Waals surface area (Å²) in [5, 5.41) is 17.4. The summed E-state index contributed by atoms with van der Waals surface area (Å²) < 4.78 is 0. The Hall–Kier alpha value is -3.62. The number of aliphatic hydroxyl groups is 1. The predicted octanol–water partition coefficient (Wildman–Crippen LogP) is 4.56. The van der Waals surface area contributed by atoms with E-state index in [1.165, 1.54) is 16.7 Å². The second kappa shape index (κ2) is 15.4. The van der Waals surface area contributed by atoms with E-state index in [4.69, 9.17) is 0 Å². The molecule has 0 spiro atoms. The van der Waals surface area contributed by atoms with Gasteiger partial charge in [0.05, 0.1) is 11.9 Å². The molecule has 0 unspecified atom stereocenters. The van der Waals surface area contributed by atoms with Crippen LogP contribution in [0.4, 0.5) is 0 Å². The van der Waals surface area contributed by atoms with Crippen LogP contribution in [0.3, 0.4) is 0 Å². The molecular weight excluding hydrogens is 534 g/mol. The molecule has 0 radical (unpaired) electrons. The van der Waals surface area contributed by atoms with Crippen molar-refractivity contribution in [1.82, 2.24) is 15.5 Å². The molecule has 8 heteroatoms. The summed E-state index contributed by atoms with van der Waals surface area (Å²) in [4.78, 5) is 41.5. The highest BCUT2D eigenvalue weighted by molar-refractivity contribution is 7.99. The number of nitrogens with one attached hydrogen (secondary N) is 2. The summed E-state index contributed by atoms with van der Waals surface area (Å²) >= 11 is 1.50. The molecular formula is C33H41N3O4S. The van der Waals surface area contributed by atoms with Crippen molar-refractivity contribution in [1.29, 1.82) is 0 Å². The van der Waals surface area contributed by atoms with Crippen LogP contribution in [-0.2, 0) is 22.6 Å². The third kappa shape index (κ3) is 9.47. The van der Waals surface area contributed by atoms with Crippen LogP contribution in [0.15, 0.2) is 72.8 Å². The largest absolute Gasteiger partial charge is 0.381 e. The number of hydrogen-bond acceptors (Lipinski definition) is 5. The number of aryl methyl sites for hydroxylation is 3. The van der Waals surface area contributed by atoms with Crippen molar-refractivity contribution in [3.63, 3.8) is 0 Å². The number of carbonyl (C=O) groups is 3. The van der Waals surface area contributed by atoms with Gasteiger partial charge < -0.3 is 20.6 Å².